The lowest BCUT2D eigenvalue weighted by atomic mass is 10.2. The topological polar surface area (TPSA) is 62.9 Å². The number of hydrogen-bond acceptors (Lipinski definition) is 5. The molecule has 2 aromatic carbocycles. The Morgan fingerprint density at radius 2 is 1.55 bits per heavy atom. The minimum Gasteiger partial charge on any atom is -0.493 e. The molecule has 0 atom stereocenters. The van der Waals surface area contributed by atoms with Crippen molar-refractivity contribution in [3.8, 4) is 23.0 Å². The Bertz CT molecular complexity index is 628. The number of benzene rings is 2. The van der Waals surface area contributed by atoms with E-state index in [1.54, 1.807) is 14.2 Å². The number of nitrogen functional groups attached to an aromatic ring is 1. The van der Waals surface area contributed by atoms with Crippen molar-refractivity contribution in [2.24, 2.45) is 0 Å². The van der Waals surface area contributed by atoms with Gasteiger partial charge in [0.2, 0.25) is 5.75 Å². The second-order valence-electron chi connectivity index (χ2n) is 4.71. The zero-order valence-electron chi connectivity index (χ0n) is 13.1. The molecule has 0 amide bonds. The summed E-state index contributed by atoms with van der Waals surface area (Å²) in [7, 11) is 3.17. The predicted molar refractivity (Wildman–Crippen MR) is 86.1 cm³/mol. The molecule has 118 valence electrons. The van der Waals surface area contributed by atoms with E-state index < -0.39 is 0 Å². The van der Waals surface area contributed by atoms with Crippen molar-refractivity contribution in [1.82, 2.24) is 0 Å². The summed E-state index contributed by atoms with van der Waals surface area (Å²) < 4.78 is 21.9. The summed E-state index contributed by atoms with van der Waals surface area (Å²) in [6, 6.07) is 11.1. The zero-order valence-corrected chi connectivity index (χ0v) is 13.1. The second-order valence-corrected chi connectivity index (χ2v) is 4.71. The molecular formula is C17H21NO4. The Morgan fingerprint density at radius 3 is 2.23 bits per heavy atom. The van der Waals surface area contributed by atoms with Gasteiger partial charge in [-0.15, -0.1) is 0 Å². The van der Waals surface area contributed by atoms with Gasteiger partial charge in [0.05, 0.1) is 14.2 Å². The van der Waals surface area contributed by atoms with Crippen LogP contribution in [0.25, 0.3) is 0 Å². The summed E-state index contributed by atoms with van der Waals surface area (Å²) in [5, 5.41) is 0. The molecule has 0 aliphatic heterocycles. The Morgan fingerprint density at radius 1 is 0.864 bits per heavy atom. The fourth-order valence-electron chi connectivity index (χ4n) is 2.05. The van der Waals surface area contributed by atoms with Crippen LogP contribution >= 0.6 is 0 Å². The molecule has 2 rings (SSSR count). The van der Waals surface area contributed by atoms with Crippen LogP contribution in [0.2, 0.25) is 0 Å². The zero-order chi connectivity index (χ0) is 15.9. The highest BCUT2D eigenvalue weighted by atomic mass is 16.5. The Labute approximate surface area is 130 Å². The van der Waals surface area contributed by atoms with Crippen molar-refractivity contribution in [3.05, 3.63) is 42.0 Å². The number of methoxy groups -OCH3 is 2. The molecule has 0 spiro atoms. The highest BCUT2D eigenvalue weighted by Gasteiger charge is 2.10. The quantitative estimate of drug-likeness (QED) is 0.629. The SMILES string of the molecule is COc1cccc(OCCOc2cc(N)ccc2C)c1OC. The van der Waals surface area contributed by atoms with Crippen LogP contribution in [0, 0.1) is 6.92 Å². The molecule has 0 bridgehead atoms. The molecule has 2 aromatic rings. The van der Waals surface area contributed by atoms with E-state index >= 15 is 0 Å². The van der Waals surface area contributed by atoms with Gasteiger partial charge >= 0.3 is 0 Å². The van der Waals surface area contributed by atoms with Gasteiger partial charge in [-0.05, 0) is 30.7 Å². The maximum Gasteiger partial charge on any atom is 0.203 e. The normalized spacial score (nSPS) is 10.1. The second kappa shape index (κ2) is 7.45. The third-order valence-corrected chi connectivity index (χ3v) is 3.18. The van der Waals surface area contributed by atoms with Crippen LogP contribution in [-0.2, 0) is 0 Å². The van der Waals surface area contributed by atoms with E-state index in [0.717, 1.165) is 11.3 Å². The fraction of sp³-hybridized carbons (Fsp3) is 0.294. The number of nitrogens with two attached hydrogens (primary N) is 1. The summed E-state index contributed by atoms with van der Waals surface area (Å²) in [4.78, 5) is 0. The van der Waals surface area contributed by atoms with Crippen LogP contribution in [0.3, 0.4) is 0 Å². The van der Waals surface area contributed by atoms with E-state index in [4.69, 9.17) is 24.7 Å². The van der Waals surface area contributed by atoms with Gasteiger partial charge in [0.25, 0.3) is 0 Å². The lowest BCUT2D eigenvalue weighted by molar-refractivity contribution is 0.209. The first kappa shape index (κ1) is 15.8. The van der Waals surface area contributed by atoms with Crippen LogP contribution in [0.5, 0.6) is 23.0 Å². The largest absolute Gasteiger partial charge is 0.493 e. The lowest BCUT2D eigenvalue weighted by Gasteiger charge is -2.14. The molecule has 5 heteroatoms. The molecule has 5 nitrogen and oxygen atoms in total. The molecule has 22 heavy (non-hydrogen) atoms. The number of aryl methyl sites for hydroxylation is 1. The Kier molecular flexibility index (Phi) is 5.36. The third kappa shape index (κ3) is 3.75. The molecule has 0 aromatic heterocycles. The maximum absolute atomic E-state index is 5.75. The van der Waals surface area contributed by atoms with E-state index in [0.29, 0.717) is 36.1 Å². The van der Waals surface area contributed by atoms with E-state index in [1.807, 2.05) is 43.3 Å². The molecule has 0 saturated heterocycles. The van der Waals surface area contributed by atoms with Crippen molar-refractivity contribution in [3.63, 3.8) is 0 Å². The van der Waals surface area contributed by atoms with Crippen LogP contribution in [-0.4, -0.2) is 27.4 Å². The van der Waals surface area contributed by atoms with Crippen LogP contribution in [0.1, 0.15) is 5.56 Å². The summed E-state index contributed by atoms with van der Waals surface area (Å²) in [5.41, 5.74) is 7.46. The molecular weight excluding hydrogens is 282 g/mol. The molecule has 0 aliphatic carbocycles. The average Bonchev–Trinajstić information content (AvgIpc) is 2.54. The van der Waals surface area contributed by atoms with Gasteiger partial charge in [-0.25, -0.2) is 0 Å². The molecule has 2 N–H and O–H groups in total. The van der Waals surface area contributed by atoms with Gasteiger partial charge in [-0.3, -0.25) is 0 Å². The summed E-state index contributed by atoms with van der Waals surface area (Å²) in [5.74, 6) is 2.59. The maximum atomic E-state index is 5.75. The number of ether oxygens (including phenoxy) is 4. The monoisotopic (exact) mass is 303 g/mol. The first-order valence-electron chi connectivity index (χ1n) is 6.98. The highest BCUT2D eigenvalue weighted by molar-refractivity contribution is 5.51. The van der Waals surface area contributed by atoms with Gasteiger partial charge < -0.3 is 24.7 Å². The number of anilines is 1. The average molecular weight is 303 g/mol. The van der Waals surface area contributed by atoms with Gasteiger partial charge in [0.1, 0.15) is 19.0 Å². The number of hydrogen-bond donors (Lipinski definition) is 1. The minimum atomic E-state index is 0.387. The van der Waals surface area contributed by atoms with E-state index in [9.17, 15) is 0 Å². The predicted octanol–water partition coefficient (Wildman–Crippen LogP) is 3.05. The standard InChI is InChI=1S/C17H21NO4/c1-12-7-8-13(18)11-16(12)22-10-9-21-15-6-4-5-14(19-2)17(15)20-3/h4-8,11H,9-10,18H2,1-3H3. The smallest absolute Gasteiger partial charge is 0.203 e. The summed E-state index contributed by atoms with van der Waals surface area (Å²) in [6.07, 6.45) is 0. The van der Waals surface area contributed by atoms with Crippen LogP contribution in [0.4, 0.5) is 5.69 Å². The van der Waals surface area contributed by atoms with Crippen LogP contribution < -0.4 is 24.7 Å². The summed E-state index contributed by atoms with van der Waals surface area (Å²) in [6.45, 7) is 2.77. The first-order chi connectivity index (χ1) is 10.7. The molecule has 0 aliphatic rings. The molecule has 0 heterocycles. The number of para-hydroxylation sites is 1. The van der Waals surface area contributed by atoms with Crippen molar-refractivity contribution in [2.75, 3.05) is 33.2 Å². The molecule has 0 fully saturated rings. The van der Waals surface area contributed by atoms with E-state index in [-0.39, 0.29) is 0 Å². The summed E-state index contributed by atoms with van der Waals surface area (Å²) >= 11 is 0. The minimum absolute atomic E-state index is 0.387. The van der Waals surface area contributed by atoms with Gasteiger partial charge in [-0.2, -0.15) is 0 Å². The lowest BCUT2D eigenvalue weighted by Crippen LogP contribution is -2.10. The molecule has 0 unspecified atom stereocenters. The fourth-order valence-corrected chi connectivity index (χ4v) is 2.05. The van der Waals surface area contributed by atoms with Gasteiger partial charge in [0.15, 0.2) is 11.5 Å². The van der Waals surface area contributed by atoms with Crippen LogP contribution in [0.15, 0.2) is 36.4 Å². The highest BCUT2D eigenvalue weighted by Crippen LogP contribution is 2.36. The van der Waals surface area contributed by atoms with Gasteiger partial charge in [-0.1, -0.05) is 12.1 Å². The molecule has 0 radical (unpaired) electrons. The van der Waals surface area contributed by atoms with Crippen molar-refractivity contribution in [2.45, 2.75) is 6.92 Å². The van der Waals surface area contributed by atoms with Crippen molar-refractivity contribution >= 4 is 5.69 Å². The number of rotatable bonds is 7. The van der Waals surface area contributed by atoms with E-state index in [2.05, 4.69) is 0 Å². The van der Waals surface area contributed by atoms with Crippen molar-refractivity contribution < 1.29 is 18.9 Å². The van der Waals surface area contributed by atoms with Gasteiger partial charge in [0, 0.05) is 11.8 Å². The third-order valence-electron chi connectivity index (χ3n) is 3.18. The van der Waals surface area contributed by atoms with Crippen molar-refractivity contribution in [1.29, 1.82) is 0 Å². The van der Waals surface area contributed by atoms with E-state index in [1.165, 1.54) is 0 Å². The Balaban J connectivity index is 1.93. The first-order valence-corrected chi connectivity index (χ1v) is 6.98. The molecule has 0 saturated carbocycles. The Hall–Kier alpha value is -2.56.